The third-order valence-corrected chi connectivity index (χ3v) is 22.3. The van der Waals surface area contributed by atoms with Crippen LogP contribution in [0, 0.1) is 0 Å². The number of nitrogens with zero attached hydrogens (tertiary/aromatic N) is 9. The van der Waals surface area contributed by atoms with E-state index in [9.17, 15) is 0 Å². The number of rotatable bonds is 11. The van der Waals surface area contributed by atoms with Gasteiger partial charge >= 0.3 is 0 Å². The highest BCUT2D eigenvalue weighted by Crippen LogP contribution is 2.45. The normalized spacial score (nSPS) is 12.0. The molecule has 0 amide bonds. The molecule has 10 heteroatoms. The van der Waals surface area contributed by atoms with Crippen LogP contribution in [0.25, 0.3) is 194 Å². The molecule has 0 radical (unpaired) electrons. The highest BCUT2D eigenvalue weighted by atomic mass is 16.3. The van der Waals surface area contributed by atoms with Crippen LogP contribution >= 0.6 is 0 Å². The zero-order valence-corrected chi connectivity index (χ0v) is 58.7. The van der Waals surface area contributed by atoms with E-state index < -0.39 is 0 Å². The van der Waals surface area contributed by atoms with Crippen LogP contribution in [0.3, 0.4) is 0 Å². The van der Waals surface area contributed by atoms with Gasteiger partial charge in [-0.05, 0) is 203 Å². The van der Waals surface area contributed by atoms with E-state index in [1.807, 2.05) is 12.1 Å². The van der Waals surface area contributed by atoms with Gasteiger partial charge < -0.3 is 18.5 Å². The van der Waals surface area contributed by atoms with Crippen LogP contribution in [0.4, 0.5) is 17.1 Å². The smallest absolute Gasteiger partial charge is 0.241 e. The first-order valence-electron chi connectivity index (χ1n) is 37.0. The molecule has 23 aromatic rings. The molecule has 0 spiro atoms. The fourth-order valence-electron chi connectivity index (χ4n) is 17.4. The summed E-state index contributed by atoms with van der Waals surface area (Å²) in [6.45, 7) is 0. The van der Waals surface area contributed by atoms with Gasteiger partial charge in [0.05, 0.1) is 55.2 Å². The molecule has 0 aliphatic rings. The number of benzene rings is 16. The molecule has 23 rings (SSSR count). The molecule has 10 nitrogen and oxygen atoms in total. The zero-order chi connectivity index (χ0) is 71.4. The fraction of sp³-hybridized carbons (Fsp3) is 0. The molecule has 7 heterocycles. The van der Waals surface area contributed by atoms with Gasteiger partial charge in [-0.15, -0.1) is 0 Å². The Morgan fingerprint density at radius 3 is 0.844 bits per heavy atom. The standard InChI is InChI=1S/C99H61N9O/c1-5-23-68(24-6-1)103(69-25-7-2-8-26-69)72-47-53-94-83(61-72)76-34-16-21-39-88(76)107(94)98-100-97(106-87-38-20-15-33-75(87)80-57-64(43-50-91(80)106)67-46-54-96-84(60-67)77-35-17-22-40-95(77)109-96)101-99(102-98)108-92-51-44-65(62-41-48-89-78(55-62)73-31-13-18-36-85(73)104(89)70-27-9-3-10-28-70)58-81(92)82-59-66(45-52-93(82)108)63-42-49-90-79(56-63)74-32-14-19-37-86(74)105(90)71-29-11-4-12-30-71/h1-61H. The third-order valence-electron chi connectivity index (χ3n) is 22.3. The monoisotopic (exact) mass is 1390 g/mol. The minimum absolute atomic E-state index is 0.468. The minimum Gasteiger partial charge on any atom is -0.456 e. The third kappa shape index (κ3) is 9.38. The number of para-hydroxylation sites is 9. The molecule has 0 N–H and O–H groups in total. The molecule has 0 unspecified atom stereocenters. The summed E-state index contributed by atoms with van der Waals surface area (Å²) in [5, 5.41) is 13.3. The lowest BCUT2D eigenvalue weighted by Crippen LogP contribution is -2.13. The Morgan fingerprint density at radius 2 is 0.450 bits per heavy atom. The van der Waals surface area contributed by atoms with Crippen molar-refractivity contribution >= 4 is 148 Å². The summed E-state index contributed by atoms with van der Waals surface area (Å²) in [5.41, 5.74) is 24.1. The van der Waals surface area contributed by atoms with Crippen LogP contribution in [-0.4, -0.2) is 37.8 Å². The summed E-state index contributed by atoms with van der Waals surface area (Å²) in [4.78, 5) is 19.8. The Balaban J connectivity index is 0.772. The lowest BCUT2D eigenvalue weighted by molar-refractivity contribution is 0.669. The highest BCUT2D eigenvalue weighted by Gasteiger charge is 2.26. The first-order valence-corrected chi connectivity index (χ1v) is 37.0. The highest BCUT2D eigenvalue weighted by molar-refractivity contribution is 6.17. The number of furan rings is 1. The van der Waals surface area contributed by atoms with Crippen molar-refractivity contribution in [3.05, 3.63) is 370 Å². The van der Waals surface area contributed by atoms with Crippen LogP contribution in [-0.2, 0) is 0 Å². The average Bonchev–Trinajstić information content (AvgIpc) is 1.57. The Morgan fingerprint density at radius 1 is 0.183 bits per heavy atom. The van der Waals surface area contributed by atoms with Gasteiger partial charge in [0.1, 0.15) is 11.2 Å². The van der Waals surface area contributed by atoms with Crippen LogP contribution < -0.4 is 4.90 Å². The molecule has 0 fully saturated rings. The van der Waals surface area contributed by atoms with Crippen LogP contribution in [0.2, 0.25) is 0 Å². The molecule has 109 heavy (non-hydrogen) atoms. The van der Waals surface area contributed by atoms with Crippen molar-refractivity contribution in [1.82, 2.24) is 37.8 Å². The lowest BCUT2D eigenvalue weighted by Gasteiger charge is -2.25. The van der Waals surface area contributed by atoms with Crippen LogP contribution in [0.15, 0.2) is 374 Å². The number of hydrogen-bond acceptors (Lipinski definition) is 5. The summed E-state index contributed by atoms with van der Waals surface area (Å²) in [6.07, 6.45) is 0. The second-order valence-electron chi connectivity index (χ2n) is 28.3. The molecule has 0 atom stereocenters. The topological polar surface area (TPSA) is 79.7 Å². The van der Waals surface area contributed by atoms with Crippen molar-refractivity contribution in [2.24, 2.45) is 0 Å². The summed E-state index contributed by atoms with van der Waals surface area (Å²) >= 11 is 0. The molecule has 0 saturated carbocycles. The minimum atomic E-state index is 0.468. The van der Waals surface area contributed by atoms with Gasteiger partial charge in [-0.3, -0.25) is 13.7 Å². The number of fused-ring (bicyclic) bond motifs is 18. The van der Waals surface area contributed by atoms with Crippen molar-refractivity contribution in [1.29, 1.82) is 0 Å². The average molecular weight is 1390 g/mol. The fourth-order valence-corrected chi connectivity index (χ4v) is 17.4. The molecule has 508 valence electrons. The molecular weight excluding hydrogens is 1330 g/mol. The van der Waals surface area contributed by atoms with E-state index in [1.165, 1.54) is 21.5 Å². The van der Waals surface area contributed by atoms with E-state index >= 15 is 0 Å². The van der Waals surface area contributed by atoms with E-state index in [0.29, 0.717) is 17.8 Å². The van der Waals surface area contributed by atoms with Crippen molar-refractivity contribution in [2.45, 2.75) is 0 Å². The molecule has 0 aliphatic heterocycles. The van der Waals surface area contributed by atoms with E-state index in [0.717, 1.165) is 171 Å². The number of aromatic nitrogens is 8. The maximum atomic E-state index is 6.33. The number of anilines is 3. The maximum absolute atomic E-state index is 6.33. The Kier molecular flexibility index (Phi) is 13.2. The lowest BCUT2D eigenvalue weighted by atomic mass is 9.98. The van der Waals surface area contributed by atoms with Crippen LogP contribution in [0.1, 0.15) is 0 Å². The van der Waals surface area contributed by atoms with E-state index in [2.05, 4.69) is 386 Å². The molecule has 16 aromatic carbocycles. The van der Waals surface area contributed by atoms with Crippen molar-refractivity contribution in [3.8, 4) is 62.6 Å². The molecule has 0 aliphatic carbocycles. The second kappa shape index (κ2) is 23.8. The molecule has 0 bridgehead atoms. The largest absolute Gasteiger partial charge is 0.456 e. The predicted octanol–water partition coefficient (Wildman–Crippen LogP) is 25.7. The van der Waals surface area contributed by atoms with Crippen molar-refractivity contribution in [3.63, 3.8) is 0 Å². The molecule has 0 saturated heterocycles. The van der Waals surface area contributed by atoms with Gasteiger partial charge in [0, 0.05) is 93.1 Å². The molecule has 7 aromatic heterocycles. The van der Waals surface area contributed by atoms with E-state index in [1.54, 1.807) is 0 Å². The summed E-state index contributed by atoms with van der Waals surface area (Å²) in [5.74, 6) is 1.41. The van der Waals surface area contributed by atoms with Gasteiger partial charge in [0.25, 0.3) is 0 Å². The second-order valence-corrected chi connectivity index (χ2v) is 28.3. The van der Waals surface area contributed by atoms with E-state index in [4.69, 9.17) is 19.4 Å². The summed E-state index contributed by atoms with van der Waals surface area (Å²) < 4.78 is 17.8. The maximum Gasteiger partial charge on any atom is 0.241 e. The van der Waals surface area contributed by atoms with Gasteiger partial charge in [-0.2, -0.15) is 15.0 Å². The van der Waals surface area contributed by atoms with Gasteiger partial charge in [-0.25, -0.2) is 0 Å². The van der Waals surface area contributed by atoms with Crippen LogP contribution in [0.5, 0.6) is 0 Å². The van der Waals surface area contributed by atoms with Gasteiger partial charge in [-0.1, -0.05) is 200 Å². The SMILES string of the molecule is c1ccc(N(c2ccccc2)c2ccc3c(c2)c2ccccc2n3-c2nc(-n3c4ccccc4c4cc(-c5ccc6oc7ccccc7c6c5)ccc43)nc(-n3c4ccc(-c5ccc6c(c5)c5ccccc5n6-c5ccccc5)cc4c4cc(-c5ccc6c(c5)c5ccccc5n6-c5ccccc5)ccc43)n2)cc1. The summed E-state index contributed by atoms with van der Waals surface area (Å²) in [6, 6.07) is 133. The predicted molar refractivity (Wildman–Crippen MR) is 450 cm³/mol. The number of hydrogen-bond donors (Lipinski definition) is 0. The first kappa shape index (κ1) is 60.5. The Bertz CT molecular complexity index is 7420. The van der Waals surface area contributed by atoms with E-state index in [-0.39, 0.29) is 0 Å². The van der Waals surface area contributed by atoms with Crippen molar-refractivity contribution < 1.29 is 4.42 Å². The van der Waals surface area contributed by atoms with Gasteiger partial charge in [0.15, 0.2) is 0 Å². The Labute approximate surface area is 623 Å². The van der Waals surface area contributed by atoms with Gasteiger partial charge in [0.2, 0.25) is 17.8 Å². The summed E-state index contributed by atoms with van der Waals surface area (Å²) in [7, 11) is 0. The Hall–Kier alpha value is -14.9. The zero-order valence-electron chi connectivity index (χ0n) is 58.7. The quantitative estimate of drug-likeness (QED) is 0.129. The van der Waals surface area contributed by atoms with Crippen molar-refractivity contribution in [2.75, 3.05) is 4.90 Å². The first-order chi connectivity index (χ1) is 54.0. The molecular formula is C99H61N9O.